The molecule has 0 aromatic carbocycles. The van der Waals surface area contributed by atoms with Crippen molar-refractivity contribution >= 4 is 24.2 Å². The predicted molar refractivity (Wildman–Crippen MR) is 35.3 cm³/mol. The standard InChI is InChI=1S/C5H7NO3.ClH/c1-9-6-4(7)2-3-5(6)8;/h2-3H2,1H3;1H. The summed E-state index contributed by atoms with van der Waals surface area (Å²) >= 11 is 0. The van der Waals surface area contributed by atoms with E-state index in [4.69, 9.17) is 0 Å². The maximum atomic E-state index is 10.6. The molecule has 4 nitrogen and oxygen atoms in total. The van der Waals surface area contributed by atoms with Crippen LogP contribution < -0.4 is 0 Å². The number of imide groups is 1. The van der Waals surface area contributed by atoms with E-state index in [1.165, 1.54) is 7.11 Å². The van der Waals surface area contributed by atoms with Gasteiger partial charge in [0.2, 0.25) is 0 Å². The highest BCUT2D eigenvalue weighted by molar-refractivity contribution is 6.00. The largest absolute Gasteiger partial charge is 0.272 e. The average Bonchev–Trinajstić information content (AvgIpc) is 2.12. The van der Waals surface area contributed by atoms with Gasteiger partial charge in [0.25, 0.3) is 11.8 Å². The summed E-state index contributed by atoms with van der Waals surface area (Å²) in [7, 11) is 1.31. The molecule has 1 aliphatic rings. The van der Waals surface area contributed by atoms with Crippen molar-refractivity contribution in [3.05, 3.63) is 0 Å². The van der Waals surface area contributed by atoms with Crippen LogP contribution >= 0.6 is 12.4 Å². The molecule has 1 heterocycles. The lowest BCUT2D eigenvalue weighted by Gasteiger charge is -2.07. The summed E-state index contributed by atoms with van der Waals surface area (Å²) in [4.78, 5) is 25.7. The Labute approximate surface area is 64.5 Å². The fourth-order valence-corrected chi connectivity index (χ4v) is 0.760. The van der Waals surface area contributed by atoms with Crippen LogP contribution in [-0.4, -0.2) is 24.0 Å². The van der Waals surface area contributed by atoms with Crippen molar-refractivity contribution in [3.63, 3.8) is 0 Å². The smallest absolute Gasteiger partial charge is 0.253 e. The maximum absolute atomic E-state index is 10.6. The van der Waals surface area contributed by atoms with Crippen molar-refractivity contribution in [1.29, 1.82) is 0 Å². The summed E-state index contributed by atoms with van der Waals surface area (Å²) in [6.07, 6.45) is 0.569. The van der Waals surface area contributed by atoms with Gasteiger partial charge in [0.1, 0.15) is 0 Å². The normalized spacial score (nSPS) is 17.5. The zero-order valence-corrected chi connectivity index (χ0v) is 6.31. The zero-order chi connectivity index (χ0) is 6.85. The first-order valence-corrected chi connectivity index (χ1v) is 2.65. The Morgan fingerprint density at radius 1 is 1.30 bits per heavy atom. The zero-order valence-electron chi connectivity index (χ0n) is 5.49. The van der Waals surface area contributed by atoms with Crippen molar-refractivity contribution in [2.24, 2.45) is 0 Å². The quantitative estimate of drug-likeness (QED) is 0.519. The lowest BCUT2D eigenvalue weighted by Crippen LogP contribution is -2.27. The Bertz CT molecular complexity index is 143. The summed E-state index contributed by atoms with van der Waals surface area (Å²) in [5.74, 6) is -0.495. The molecule has 0 aromatic rings. The molecule has 10 heavy (non-hydrogen) atoms. The third-order valence-corrected chi connectivity index (χ3v) is 1.19. The highest BCUT2D eigenvalue weighted by Gasteiger charge is 2.28. The fourth-order valence-electron chi connectivity index (χ4n) is 0.760. The molecule has 0 spiro atoms. The maximum Gasteiger partial charge on any atom is 0.253 e. The van der Waals surface area contributed by atoms with Gasteiger partial charge in [0.05, 0.1) is 7.11 Å². The number of carbonyl (C=O) groups is 2. The van der Waals surface area contributed by atoms with Gasteiger partial charge in [0, 0.05) is 12.8 Å². The van der Waals surface area contributed by atoms with Crippen molar-refractivity contribution in [1.82, 2.24) is 5.06 Å². The van der Waals surface area contributed by atoms with Crippen molar-refractivity contribution in [3.8, 4) is 0 Å². The van der Waals surface area contributed by atoms with Crippen LogP contribution in [0.2, 0.25) is 0 Å². The van der Waals surface area contributed by atoms with Gasteiger partial charge >= 0.3 is 0 Å². The van der Waals surface area contributed by atoms with E-state index in [1.54, 1.807) is 0 Å². The number of hydroxylamine groups is 2. The van der Waals surface area contributed by atoms with Crippen LogP contribution in [-0.2, 0) is 14.4 Å². The third-order valence-electron chi connectivity index (χ3n) is 1.19. The molecule has 2 amide bonds. The summed E-state index contributed by atoms with van der Waals surface area (Å²) in [6.45, 7) is 0. The van der Waals surface area contributed by atoms with E-state index in [0.29, 0.717) is 0 Å². The Balaban J connectivity index is 0.000000810. The Morgan fingerprint density at radius 3 is 1.90 bits per heavy atom. The second kappa shape index (κ2) is 3.53. The first-order chi connectivity index (χ1) is 4.25. The monoisotopic (exact) mass is 165 g/mol. The second-order valence-electron chi connectivity index (χ2n) is 1.76. The topological polar surface area (TPSA) is 46.6 Å². The van der Waals surface area contributed by atoms with Crippen LogP contribution in [0.15, 0.2) is 0 Å². The third kappa shape index (κ3) is 1.46. The first-order valence-electron chi connectivity index (χ1n) is 2.65. The minimum absolute atomic E-state index is 0. The van der Waals surface area contributed by atoms with Gasteiger partial charge in [-0.25, -0.2) is 0 Å². The molecule has 0 aliphatic carbocycles. The molecule has 1 rings (SSSR count). The lowest BCUT2D eigenvalue weighted by atomic mass is 10.4. The highest BCUT2D eigenvalue weighted by atomic mass is 35.5. The van der Waals surface area contributed by atoms with Gasteiger partial charge in [-0.15, -0.1) is 12.4 Å². The lowest BCUT2D eigenvalue weighted by molar-refractivity contribution is -0.179. The molecule has 0 aromatic heterocycles. The van der Waals surface area contributed by atoms with Crippen molar-refractivity contribution in [2.75, 3.05) is 7.11 Å². The number of amides is 2. The SMILES string of the molecule is CON1C(=O)CCC1=O.Cl. The molecule has 0 radical (unpaired) electrons. The summed E-state index contributed by atoms with van der Waals surface area (Å²) < 4.78 is 0. The Kier molecular flexibility index (Phi) is 3.32. The highest BCUT2D eigenvalue weighted by Crippen LogP contribution is 2.10. The van der Waals surface area contributed by atoms with Crippen LogP contribution in [0, 0.1) is 0 Å². The fraction of sp³-hybridized carbons (Fsp3) is 0.600. The van der Waals surface area contributed by atoms with Crippen molar-refractivity contribution < 1.29 is 14.4 Å². The van der Waals surface area contributed by atoms with Crippen molar-refractivity contribution in [2.45, 2.75) is 12.8 Å². The molecular weight excluding hydrogens is 158 g/mol. The van der Waals surface area contributed by atoms with Gasteiger partial charge in [-0.05, 0) is 0 Å². The van der Waals surface area contributed by atoms with E-state index >= 15 is 0 Å². The number of hydrogen-bond acceptors (Lipinski definition) is 3. The Morgan fingerprint density at radius 2 is 1.70 bits per heavy atom. The van der Waals surface area contributed by atoms with Gasteiger partial charge in [0.15, 0.2) is 0 Å². The minimum atomic E-state index is -0.248. The van der Waals surface area contributed by atoms with E-state index in [2.05, 4.69) is 4.84 Å². The number of halogens is 1. The molecule has 1 saturated heterocycles. The molecule has 0 saturated carbocycles. The average molecular weight is 166 g/mol. The summed E-state index contributed by atoms with van der Waals surface area (Å²) in [5, 5.41) is 0.792. The van der Waals surface area contributed by atoms with E-state index < -0.39 is 0 Å². The molecule has 5 heteroatoms. The molecule has 1 aliphatic heterocycles. The predicted octanol–water partition coefficient (Wildman–Crippen LogP) is 0.119. The van der Waals surface area contributed by atoms with E-state index in [0.717, 1.165) is 5.06 Å². The van der Waals surface area contributed by atoms with E-state index in [-0.39, 0.29) is 37.1 Å². The molecule has 1 fully saturated rings. The number of hydrogen-bond donors (Lipinski definition) is 0. The van der Waals surface area contributed by atoms with Crippen LogP contribution in [0.3, 0.4) is 0 Å². The molecule has 0 atom stereocenters. The molecule has 0 N–H and O–H groups in total. The van der Waals surface area contributed by atoms with E-state index in [1.807, 2.05) is 0 Å². The molecular formula is C5H8ClNO3. The van der Waals surface area contributed by atoms with Gasteiger partial charge in [-0.3, -0.25) is 14.4 Å². The summed E-state index contributed by atoms with van der Waals surface area (Å²) in [5.41, 5.74) is 0. The second-order valence-corrected chi connectivity index (χ2v) is 1.76. The molecule has 0 unspecified atom stereocenters. The minimum Gasteiger partial charge on any atom is -0.272 e. The van der Waals surface area contributed by atoms with E-state index in [9.17, 15) is 9.59 Å². The number of nitrogens with zero attached hydrogens (tertiary/aromatic N) is 1. The Hall–Kier alpha value is -0.610. The number of rotatable bonds is 1. The molecule has 0 bridgehead atoms. The molecule has 58 valence electrons. The van der Waals surface area contributed by atoms with Crippen LogP contribution in [0.1, 0.15) is 12.8 Å². The summed E-state index contributed by atoms with van der Waals surface area (Å²) in [6, 6.07) is 0. The van der Waals surface area contributed by atoms with Gasteiger partial charge in [-0.1, -0.05) is 0 Å². The van der Waals surface area contributed by atoms with Gasteiger partial charge < -0.3 is 0 Å². The van der Waals surface area contributed by atoms with Gasteiger partial charge in [-0.2, -0.15) is 5.06 Å². The number of carbonyl (C=O) groups excluding carboxylic acids is 2. The van der Waals surface area contributed by atoms with Crippen LogP contribution in [0.4, 0.5) is 0 Å². The van der Waals surface area contributed by atoms with Crippen LogP contribution in [0.25, 0.3) is 0 Å². The first kappa shape index (κ1) is 9.39. The van der Waals surface area contributed by atoms with Crippen LogP contribution in [0.5, 0.6) is 0 Å².